The molecule has 0 fully saturated rings. The smallest absolute Gasteiger partial charge is 0.0406 e. The highest BCUT2D eigenvalue weighted by atomic mass is 14.7. The van der Waals surface area contributed by atoms with Gasteiger partial charge in [0.15, 0.2) is 0 Å². The Balaban J connectivity index is 2.02. The second-order valence-electron chi connectivity index (χ2n) is 8.81. The minimum absolute atomic E-state index is 0.276. The van der Waals surface area contributed by atoms with Crippen molar-refractivity contribution in [3.8, 4) is 0 Å². The Kier molecular flexibility index (Phi) is 9.40. The van der Waals surface area contributed by atoms with Crippen LogP contribution in [0, 0.1) is 0 Å². The van der Waals surface area contributed by atoms with E-state index in [4.69, 9.17) is 5.73 Å². The van der Waals surface area contributed by atoms with Crippen LogP contribution in [-0.4, -0.2) is 0 Å². The molecule has 0 saturated carbocycles. The minimum atomic E-state index is -0.276. The van der Waals surface area contributed by atoms with Crippen LogP contribution in [0.1, 0.15) is 60.9 Å². The van der Waals surface area contributed by atoms with Crippen molar-refractivity contribution in [3.05, 3.63) is 156 Å². The summed E-state index contributed by atoms with van der Waals surface area (Å²) in [5, 5.41) is 0. The molecule has 3 rings (SSSR count). The molecule has 0 aromatic heterocycles. The van der Waals surface area contributed by atoms with Gasteiger partial charge in [0.1, 0.15) is 0 Å². The monoisotopic (exact) mass is 459 g/mol. The fourth-order valence-electron chi connectivity index (χ4n) is 4.43. The Morgan fingerprint density at radius 1 is 0.771 bits per heavy atom. The largest absolute Gasteiger partial charge is 0.321 e. The molecule has 3 aromatic carbocycles. The molecule has 2 N–H and O–H groups in total. The molecule has 1 nitrogen and oxygen atoms in total. The summed E-state index contributed by atoms with van der Waals surface area (Å²) in [6.45, 7) is 12.6. The molecule has 3 aromatic rings. The summed E-state index contributed by atoms with van der Waals surface area (Å²) in [4.78, 5) is 0. The number of hydrogen-bond donors (Lipinski definition) is 1. The lowest BCUT2D eigenvalue weighted by Crippen LogP contribution is -2.35. The summed E-state index contributed by atoms with van der Waals surface area (Å²) in [6.07, 6.45) is 14.9. The molecular weight excluding hydrogens is 422 g/mol. The number of hydrogen-bond acceptors (Lipinski definition) is 1. The molecule has 0 spiro atoms. The quantitative estimate of drug-likeness (QED) is 0.285. The van der Waals surface area contributed by atoms with Gasteiger partial charge in [-0.3, -0.25) is 0 Å². The van der Waals surface area contributed by atoms with Gasteiger partial charge in [0, 0.05) is 5.54 Å². The highest BCUT2D eigenvalue weighted by Crippen LogP contribution is 2.34. The first-order chi connectivity index (χ1) is 17.0. The van der Waals surface area contributed by atoms with Crippen LogP contribution in [0.5, 0.6) is 0 Å². The molecule has 0 heterocycles. The lowest BCUT2D eigenvalue weighted by Gasteiger charge is -2.28. The van der Waals surface area contributed by atoms with Gasteiger partial charge in [-0.15, -0.1) is 0 Å². The van der Waals surface area contributed by atoms with Gasteiger partial charge in [0.2, 0.25) is 0 Å². The van der Waals surface area contributed by atoms with E-state index in [1.54, 1.807) is 6.08 Å². The van der Waals surface area contributed by atoms with E-state index in [1.807, 2.05) is 24.3 Å². The normalized spacial score (nSPS) is 13.7. The van der Waals surface area contributed by atoms with Gasteiger partial charge in [0.25, 0.3) is 0 Å². The second-order valence-corrected chi connectivity index (χ2v) is 8.81. The van der Waals surface area contributed by atoms with Crippen LogP contribution >= 0.6 is 0 Å². The Hall–Kier alpha value is -3.68. The first-order valence-electron chi connectivity index (χ1n) is 12.4. The zero-order valence-corrected chi connectivity index (χ0v) is 21.1. The van der Waals surface area contributed by atoms with E-state index in [9.17, 15) is 0 Å². The summed E-state index contributed by atoms with van der Waals surface area (Å²) in [5.74, 6) is 0. The van der Waals surface area contributed by atoms with Gasteiger partial charge in [-0.2, -0.15) is 0 Å². The number of allylic oxidation sites excluding steroid dienone is 6. The Morgan fingerprint density at radius 2 is 1.40 bits per heavy atom. The average molecular weight is 460 g/mol. The zero-order valence-electron chi connectivity index (χ0n) is 21.1. The van der Waals surface area contributed by atoms with Crippen LogP contribution in [0.25, 0.3) is 11.1 Å². The molecule has 0 aliphatic carbocycles. The molecule has 35 heavy (non-hydrogen) atoms. The lowest BCUT2D eigenvalue weighted by atomic mass is 9.83. The Bertz CT molecular complexity index is 1210. The molecular formula is C34H37N. The highest BCUT2D eigenvalue weighted by molar-refractivity contribution is 5.91. The van der Waals surface area contributed by atoms with Crippen molar-refractivity contribution >= 4 is 11.1 Å². The van der Waals surface area contributed by atoms with Crippen molar-refractivity contribution in [1.29, 1.82) is 0 Å². The molecule has 1 atom stereocenters. The number of benzene rings is 3. The van der Waals surface area contributed by atoms with E-state index in [0.717, 1.165) is 52.7 Å². The van der Waals surface area contributed by atoms with E-state index in [1.165, 1.54) is 5.56 Å². The third kappa shape index (κ3) is 6.47. The average Bonchev–Trinajstić information content (AvgIpc) is 2.91. The lowest BCUT2D eigenvalue weighted by molar-refractivity contribution is 0.390. The van der Waals surface area contributed by atoms with Crippen molar-refractivity contribution in [2.45, 2.75) is 38.6 Å². The molecule has 0 bridgehead atoms. The molecule has 0 radical (unpaired) electrons. The van der Waals surface area contributed by atoms with Crippen molar-refractivity contribution in [2.75, 3.05) is 0 Å². The van der Waals surface area contributed by atoms with Gasteiger partial charge in [0.05, 0.1) is 0 Å². The summed E-state index contributed by atoms with van der Waals surface area (Å²) in [5.41, 5.74) is 14.3. The summed E-state index contributed by atoms with van der Waals surface area (Å²) < 4.78 is 0. The molecule has 1 unspecified atom stereocenters. The van der Waals surface area contributed by atoms with Crippen LogP contribution in [-0.2, 0) is 5.54 Å². The van der Waals surface area contributed by atoms with Crippen molar-refractivity contribution in [3.63, 3.8) is 0 Å². The minimum Gasteiger partial charge on any atom is -0.321 e. The third-order valence-electron chi connectivity index (χ3n) is 6.49. The van der Waals surface area contributed by atoms with Crippen molar-refractivity contribution in [1.82, 2.24) is 0 Å². The van der Waals surface area contributed by atoms with Gasteiger partial charge in [-0.1, -0.05) is 149 Å². The van der Waals surface area contributed by atoms with E-state index < -0.39 is 0 Å². The van der Waals surface area contributed by atoms with Crippen LogP contribution in [0.15, 0.2) is 128 Å². The SMILES string of the molecule is C=C\C=C/C=C\C=C(\c1ccccc1)c1ccccc1C(=C)c1ccc(C(N)(CC)CCC)cc1. The Labute approximate surface area is 211 Å². The molecule has 178 valence electrons. The zero-order chi connectivity index (χ0) is 25.1. The second kappa shape index (κ2) is 12.7. The maximum Gasteiger partial charge on any atom is 0.0406 e. The van der Waals surface area contributed by atoms with Crippen LogP contribution in [0.4, 0.5) is 0 Å². The van der Waals surface area contributed by atoms with Gasteiger partial charge >= 0.3 is 0 Å². The first kappa shape index (κ1) is 25.9. The Morgan fingerprint density at radius 3 is 2.03 bits per heavy atom. The highest BCUT2D eigenvalue weighted by Gasteiger charge is 2.24. The standard InChI is InChI=1S/C34H37N/c1-5-8-9-10-14-20-32(29-17-12-11-13-18-29)33-21-16-15-19-31(33)27(4)28-22-24-30(25-23-28)34(35,7-3)26-6-2/h5,8-25H,1,4,6-7,26,35H2,2-3H3/b9-8-,14-10-,32-20-. The maximum atomic E-state index is 6.72. The number of nitrogens with two attached hydrogens (primary N) is 1. The van der Waals surface area contributed by atoms with Gasteiger partial charge < -0.3 is 5.73 Å². The van der Waals surface area contributed by atoms with Crippen molar-refractivity contribution < 1.29 is 0 Å². The van der Waals surface area contributed by atoms with E-state index in [-0.39, 0.29) is 5.54 Å². The summed E-state index contributed by atoms with van der Waals surface area (Å²) >= 11 is 0. The fraction of sp³-hybridized carbons (Fsp3) is 0.176. The first-order valence-corrected chi connectivity index (χ1v) is 12.4. The van der Waals surface area contributed by atoms with Gasteiger partial charge in [-0.05, 0) is 51.8 Å². The van der Waals surface area contributed by atoms with Gasteiger partial charge in [-0.25, -0.2) is 0 Å². The third-order valence-corrected chi connectivity index (χ3v) is 6.49. The number of rotatable bonds is 11. The summed E-state index contributed by atoms with van der Waals surface area (Å²) in [7, 11) is 0. The maximum absolute atomic E-state index is 6.72. The van der Waals surface area contributed by atoms with Crippen LogP contribution < -0.4 is 5.73 Å². The predicted octanol–water partition coefficient (Wildman–Crippen LogP) is 8.84. The van der Waals surface area contributed by atoms with Crippen molar-refractivity contribution in [2.24, 2.45) is 5.73 Å². The molecule has 0 amide bonds. The molecule has 1 heteroatoms. The van der Waals surface area contributed by atoms with Crippen LogP contribution in [0.3, 0.4) is 0 Å². The predicted molar refractivity (Wildman–Crippen MR) is 154 cm³/mol. The molecule has 0 aliphatic rings. The van der Waals surface area contributed by atoms with E-state index in [0.29, 0.717) is 0 Å². The fourth-order valence-corrected chi connectivity index (χ4v) is 4.43. The molecule has 0 saturated heterocycles. The van der Waals surface area contributed by atoms with E-state index in [2.05, 4.69) is 112 Å². The molecule has 0 aliphatic heterocycles. The summed E-state index contributed by atoms with van der Waals surface area (Å²) in [6, 6.07) is 27.6. The van der Waals surface area contributed by atoms with E-state index >= 15 is 0 Å². The topological polar surface area (TPSA) is 26.0 Å². The van der Waals surface area contributed by atoms with Crippen LogP contribution in [0.2, 0.25) is 0 Å².